The highest BCUT2D eigenvalue weighted by atomic mass is 16.5. The van der Waals surface area contributed by atoms with Crippen LogP contribution in [0.2, 0.25) is 0 Å². The lowest BCUT2D eigenvalue weighted by Gasteiger charge is -2.18. The lowest BCUT2D eigenvalue weighted by molar-refractivity contribution is -0.118. The van der Waals surface area contributed by atoms with E-state index in [0.717, 1.165) is 6.54 Å². The molecule has 2 amide bonds. The van der Waals surface area contributed by atoms with Gasteiger partial charge in [-0.3, -0.25) is 9.59 Å². The van der Waals surface area contributed by atoms with Gasteiger partial charge in [-0.05, 0) is 37.0 Å². The summed E-state index contributed by atoms with van der Waals surface area (Å²) in [5.74, 6) is 0.939. The van der Waals surface area contributed by atoms with Gasteiger partial charge in [0.05, 0.1) is 5.69 Å². The number of ether oxygens (including phenoxy) is 1. The predicted octanol–water partition coefficient (Wildman–Crippen LogP) is 1.16. The van der Waals surface area contributed by atoms with Crippen LogP contribution >= 0.6 is 0 Å². The maximum absolute atomic E-state index is 11.9. The monoisotopic (exact) mass is 246 g/mol. The van der Waals surface area contributed by atoms with Gasteiger partial charge in [-0.2, -0.15) is 0 Å². The maximum atomic E-state index is 11.9. The normalized spacial score (nSPS) is 17.4. The SMILES string of the molecule is O=C1COc2cc(C(=O)NCC3CC3)ccc2N1. The maximum Gasteiger partial charge on any atom is 0.262 e. The first-order valence-electron chi connectivity index (χ1n) is 6.07. The number of benzene rings is 1. The van der Waals surface area contributed by atoms with E-state index >= 15 is 0 Å². The van der Waals surface area contributed by atoms with Crippen molar-refractivity contribution in [2.45, 2.75) is 12.8 Å². The highest BCUT2D eigenvalue weighted by Gasteiger charge is 2.22. The minimum absolute atomic E-state index is 0.000145. The molecule has 0 aromatic heterocycles. The largest absolute Gasteiger partial charge is 0.482 e. The van der Waals surface area contributed by atoms with Gasteiger partial charge in [0, 0.05) is 12.1 Å². The Morgan fingerprint density at radius 3 is 3.06 bits per heavy atom. The Morgan fingerprint density at radius 2 is 2.28 bits per heavy atom. The standard InChI is InChI=1S/C13H14N2O3/c16-12-7-18-11-5-9(3-4-10(11)15-12)13(17)14-6-8-1-2-8/h3-5,8H,1-2,6-7H2,(H,14,17)(H,15,16). The van der Waals surface area contributed by atoms with E-state index in [9.17, 15) is 9.59 Å². The summed E-state index contributed by atoms with van der Waals surface area (Å²) in [5, 5.41) is 5.59. The lowest BCUT2D eigenvalue weighted by Crippen LogP contribution is -2.27. The quantitative estimate of drug-likeness (QED) is 0.841. The average molecular weight is 246 g/mol. The molecule has 0 bridgehead atoms. The molecule has 1 fully saturated rings. The Kier molecular flexibility index (Phi) is 2.66. The van der Waals surface area contributed by atoms with Crippen LogP contribution in [0.4, 0.5) is 5.69 Å². The van der Waals surface area contributed by atoms with Gasteiger partial charge in [0.25, 0.3) is 11.8 Å². The molecule has 1 saturated carbocycles. The molecule has 1 heterocycles. The second-order valence-corrected chi connectivity index (χ2v) is 4.70. The van der Waals surface area contributed by atoms with Crippen LogP contribution < -0.4 is 15.4 Å². The fraction of sp³-hybridized carbons (Fsp3) is 0.385. The van der Waals surface area contributed by atoms with Gasteiger partial charge in [0.2, 0.25) is 0 Å². The van der Waals surface area contributed by atoms with Gasteiger partial charge in [0.1, 0.15) is 5.75 Å². The van der Waals surface area contributed by atoms with E-state index in [1.807, 2.05) is 0 Å². The van der Waals surface area contributed by atoms with Crippen molar-refractivity contribution in [2.75, 3.05) is 18.5 Å². The van der Waals surface area contributed by atoms with Crippen molar-refractivity contribution in [1.29, 1.82) is 0 Å². The molecule has 2 aliphatic rings. The van der Waals surface area contributed by atoms with Gasteiger partial charge in [0.15, 0.2) is 6.61 Å². The van der Waals surface area contributed by atoms with Crippen molar-refractivity contribution < 1.29 is 14.3 Å². The van der Waals surface area contributed by atoms with Crippen molar-refractivity contribution in [3.05, 3.63) is 23.8 Å². The number of hydrogen-bond donors (Lipinski definition) is 2. The third kappa shape index (κ3) is 2.30. The zero-order valence-corrected chi connectivity index (χ0v) is 9.86. The summed E-state index contributed by atoms with van der Waals surface area (Å²) in [6.07, 6.45) is 2.42. The molecule has 5 nitrogen and oxygen atoms in total. The highest BCUT2D eigenvalue weighted by Crippen LogP contribution is 2.29. The molecule has 1 aliphatic heterocycles. The molecular formula is C13H14N2O3. The van der Waals surface area contributed by atoms with Crippen LogP contribution in [0.25, 0.3) is 0 Å². The molecule has 1 aromatic rings. The number of rotatable bonds is 3. The molecule has 3 rings (SSSR count). The Morgan fingerprint density at radius 1 is 1.44 bits per heavy atom. The summed E-state index contributed by atoms with van der Waals surface area (Å²) >= 11 is 0. The van der Waals surface area contributed by atoms with Crippen LogP contribution in [-0.2, 0) is 4.79 Å². The van der Waals surface area contributed by atoms with E-state index in [4.69, 9.17) is 4.74 Å². The van der Waals surface area contributed by atoms with E-state index in [1.54, 1.807) is 18.2 Å². The van der Waals surface area contributed by atoms with Crippen LogP contribution in [-0.4, -0.2) is 25.0 Å². The fourth-order valence-corrected chi connectivity index (χ4v) is 1.88. The Balaban J connectivity index is 1.72. The topological polar surface area (TPSA) is 67.4 Å². The summed E-state index contributed by atoms with van der Waals surface area (Å²) in [6, 6.07) is 5.05. The molecule has 0 radical (unpaired) electrons. The number of anilines is 1. The number of carbonyl (C=O) groups excluding carboxylic acids is 2. The summed E-state index contributed by atoms with van der Waals surface area (Å²) in [7, 11) is 0. The second-order valence-electron chi connectivity index (χ2n) is 4.70. The van der Waals surface area contributed by atoms with Gasteiger partial charge < -0.3 is 15.4 Å². The van der Waals surface area contributed by atoms with Crippen molar-refractivity contribution in [3.8, 4) is 5.75 Å². The first-order valence-corrected chi connectivity index (χ1v) is 6.07. The molecule has 94 valence electrons. The van der Waals surface area contributed by atoms with Gasteiger partial charge in [-0.1, -0.05) is 0 Å². The van der Waals surface area contributed by atoms with Crippen LogP contribution in [0, 0.1) is 5.92 Å². The first kappa shape index (κ1) is 11.1. The Hall–Kier alpha value is -2.04. The van der Waals surface area contributed by atoms with E-state index in [0.29, 0.717) is 22.9 Å². The molecule has 2 N–H and O–H groups in total. The molecule has 0 atom stereocenters. The molecule has 0 saturated heterocycles. The van der Waals surface area contributed by atoms with Crippen molar-refractivity contribution in [2.24, 2.45) is 5.92 Å². The molecule has 1 aliphatic carbocycles. The van der Waals surface area contributed by atoms with Gasteiger partial charge >= 0.3 is 0 Å². The molecular weight excluding hydrogens is 232 g/mol. The number of fused-ring (bicyclic) bond motifs is 1. The first-order chi connectivity index (χ1) is 8.72. The Labute approximate surface area is 105 Å². The number of hydrogen-bond acceptors (Lipinski definition) is 3. The minimum atomic E-state index is -0.173. The van der Waals surface area contributed by atoms with Gasteiger partial charge in [-0.25, -0.2) is 0 Å². The van der Waals surface area contributed by atoms with Crippen LogP contribution in [0.15, 0.2) is 18.2 Å². The van der Waals surface area contributed by atoms with Crippen LogP contribution in [0.1, 0.15) is 23.2 Å². The smallest absolute Gasteiger partial charge is 0.262 e. The lowest BCUT2D eigenvalue weighted by atomic mass is 10.1. The summed E-state index contributed by atoms with van der Waals surface area (Å²) in [6.45, 7) is 0.744. The summed E-state index contributed by atoms with van der Waals surface area (Å²) in [4.78, 5) is 23.0. The third-order valence-electron chi connectivity index (χ3n) is 3.12. The minimum Gasteiger partial charge on any atom is -0.482 e. The zero-order valence-electron chi connectivity index (χ0n) is 9.86. The van der Waals surface area contributed by atoms with Crippen molar-refractivity contribution in [3.63, 3.8) is 0 Å². The summed E-state index contributed by atoms with van der Waals surface area (Å²) in [5.41, 5.74) is 1.18. The molecule has 0 unspecified atom stereocenters. The fourth-order valence-electron chi connectivity index (χ4n) is 1.88. The van der Waals surface area contributed by atoms with E-state index in [1.165, 1.54) is 12.8 Å². The second kappa shape index (κ2) is 4.33. The number of nitrogens with one attached hydrogen (secondary N) is 2. The van der Waals surface area contributed by atoms with Crippen LogP contribution in [0.5, 0.6) is 5.75 Å². The number of amides is 2. The van der Waals surface area contributed by atoms with Crippen molar-refractivity contribution >= 4 is 17.5 Å². The highest BCUT2D eigenvalue weighted by molar-refractivity contribution is 5.98. The molecule has 18 heavy (non-hydrogen) atoms. The molecule has 0 spiro atoms. The predicted molar refractivity (Wildman–Crippen MR) is 65.6 cm³/mol. The Bertz CT molecular complexity index is 509. The zero-order chi connectivity index (χ0) is 12.5. The number of carbonyl (C=O) groups is 2. The van der Waals surface area contributed by atoms with Gasteiger partial charge in [-0.15, -0.1) is 0 Å². The summed E-state index contributed by atoms with van der Waals surface area (Å²) < 4.78 is 5.27. The van der Waals surface area contributed by atoms with E-state index < -0.39 is 0 Å². The average Bonchev–Trinajstić information content (AvgIpc) is 3.19. The van der Waals surface area contributed by atoms with Crippen LogP contribution in [0.3, 0.4) is 0 Å². The third-order valence-corrected chi connectivity index (χ3v) is 3.12. The van der Waals surface area contributed by atoms with E-state index in [-0.39, 0.29) is 18.4 Å². The molecule has 5 heteroatoms. The van der Waals surface area contributed by atoms with Crippen molar-refractivity contribution in [1.82, 2.24) is 5.32 Å². The van der Waals surface area contributed by atoms with E-state index in [2.05, 4.69) is 10.6 Å². The molecule has 1 aromatic carbocycles.